The second-order valence-corrected chi connectivity index (χ2v) is 9.46. The second-order valence-electron chi connectivity index (χ2n) is 7.74. The molecule has 3 rings (SSSR count). The molecule has 0 heterocycles. The Balaban J connectivity index is 1.59. The van der Waals surface area contributed by atoms with E-state index in [1.165, 1.54) is 5.56 Å². The highest BCUT2D eigenvalue weighted by Crippen LogP contribution is 2.21. The molecule has 1 aliphatic rings. The molecule has 156 valence electrons. The van der Waals surface area contributed by atoms with E-state index in [4.69, 9.17) is 0 Å². The highest BCUT2D eigenvalue weighted by atomic mass is 32.2. The number of aryl methyl sites for hydroxylation is 2. The van der Waals surface area contributed by atoms with Crippen LogP contribution in [-0.2, 0) is 16.6 Å². The predicted molar refractivity (Wildman–Crippen MR) is 114 cm³/mol. The molecule has 1 aliphatic carbocycles. The van der Waals surface area contributed by atoms with Crippen molar-refractivity contribution in [2.45, 2.75) is 63.1 Å². The first-order valence-electron chi connectivity index (χ1n) is 10.0. The average molecular weight is 416 g/mol. The number of hydrogen-bond acceptors (Lipinski definition) is 3. The molecule has 2 unspecified atom stereocenters. The third-order valence-electron chi connectivity index (χ3n) is 5.29. The Labute approximate surface area is 173 Å². The first kappa shape index (κ1) is 21.3. The molecule has 2 aromatic carbocycles. The first-order valence-corrected chi connectivity index (χ1v) is 11.5. The van der Waals surface area contributed by atoms with Crippen LogP contribution in [-0.4, -0.2) is 26.5 Å². The summed E-state index contributed by atoms with van der Waals surface area (Å²) < 4.78 is 28.3. The second kappa shape index (κ2) is 9.41. The molecule has 0 radical (unpaired) electrons. The lowest BCUT2D eigenvalue weighted by Crippen LogP contribution is -2.54. The molecule has 0 spiro atoms. The summed E-state index contributed by atoms with van der Waals surface area (Å²) in [4.78, 5) is 12.6. The van der Waals surface area contributed by atoms with E-state index in [1.54, 1.807) is 24.3 Å². The van der Waals surface area contributed by atoms with Crippen LogP contribution < -0.4 is 15.4 Å². The van der Waals surface area contributed by atoms with Gasteiger partial charge in [-0.25, -0.2) is 17.9 Å². The molecule has 7 heteroatoms. The minimum atomic E-state index is -3.63. The number of nitrogens with one attached hydrogen (secondary N) is 3. The van der Waals surface area contributed by atoms with Gasteiger partial charge in [-0.1, -0.05) is 60.4 Å². The zero-order valence-corrected chi connectivity index (χ0v) is 17.8. The standard InChI is InChI=1S/C22H29N3O3S/c1-16-7-11-18(12-8-16)15-23-22(26)24-20-5-3-4-6-21(20)25-29(27,28)19-13-9-17(2)10-14-19/h7-14,20-21,25H,3-6,15H2,1-2H3,(H2,23,24,26). The maximum atomic E-state index is 12.7. The fourth-order valence-electron chi connectivity index (χ4n) is 3.54. The lowest BCUT2D eigenvalue weighted by atomic mass is 9.91. The van der Waals surface area contributed by atoms with Crippen molar-refractivity contribution in [2.24, 2.45) is 0 Å². The van der Waals surface area contributed by atoms with E-state index in [1.807, 2.05) is 38.1 Å². The van der Waals surface area contributed by atoms with Gasteiger partial charge in [0, 0.05) is 18.6 Å². The van der Waals surface area contributed by atoms with E-state index in [0.717, 1.165) is 30.4 Å². The van der Waals surface area contributed by atoms with Crippen molar-refractivity contribution in [1.82, 2.24) is 15.4 Å². The molecule has 29 heavy (non-hydrogen) atoms. The van der Waals surface area contributed by atoms with Gasteiger partial charge in [0.15, 0.2) is 0 Å². The Morgan fingerprint density at radius 1 is 0.897 bits per heavy atom. The molecule has 1 saturated carbocycles. The van der Waals surface area contributed by atoms with Crippen LogP contribution in [0.25, 0.3) is 0 Å². The Hall–Kier alpha value is -2.38. The lowest BCUT2D eigenvalue weighted by molar-refractivity contribution is 0.227. The normalized spacial score (nSPS) is 19.5. The van der Waals surface area contributed by atoms with Gasteiger partial charge in [-0.15, -0.1) is 0 Å². The van der Waals surface area contributed by atoms with Gasteiger partial charge in [-0.2, -0.15) is 0 Å². The third-order valence-corrected chi connectivity index (χ3v) is 6.80. The Bertz CT molecular complexity index is 925. The zero-order valence-electron chi connectivity index (χ0n) is 16.9. The average Bonchev–Trinajstić information content (AvgIpc) is 2.69. The number of urea groups is 1. The van der Waals surface area contributed by atoms with Gasteiger partial charge in [0.05, 0.1) is 4.90 Å². The van der Waals surface area contributed by atoms with Crippen molar-refractivity contribution in [3.05, 3.63) is 65.2 Å². The van der Waals surface area contributed by atoms with Gasteiger partial charge in [0.2, 0.25) is 10.0 Å². The van der Waals surface area contributed by atoms with Gasteiger partial charge in [0.1, 0.15) is 0 Å². The largest absolute Gasteiger partial charge is 0.334 e. The zero-order chi connectivity index (χ0) is 20.9. The summed E-state index contributed by atoms with van der Waals surface area (Å²) in [5.74, 6) is 0. The minimum absolute atomic E-state index is 0.234. The summed E-state index contributed by atoms with van der Waals surface area (Å²) in [5.41, 5.74) is 3.20. The highest BCUT2D eigenvalue weighted by Gasteiger charge is 2.30. The number of sulfonamides is 1. The van der Waals surface area contributed by atoms with Gasteiger partial charge < -0.3 is 10.6 Å². The summed E-state index contributed by atoms with van der Waals surface area (Å²) in [6.07, 6.45) is 3.35. The number of hydrogen-bond donors (Lipinski definition) is 3. The number of benzene rings is 2. The van der Waals surface area contributed by atoms with Crippen molar-refractivity contribution in [3.8, 4) is 0 Å². The molecule has 2 atom stereocenters. The third kappa shape index (κ3) is 6.05. The van der Waals surface area contributed by atoms with E-state index in [9.17, 15) is 13.2 Å². The lowest BCUT2D eigenvalue weighted by Gasteiger charge is -2.32. The van der Waals surface area contributed by atoms with Crippen LogP contribution in [0.3, 0.4) is 0 Å². The highest BCUT2D eigenvalue weighted by molar-refractivity contribution is 7.89. The molecule has 2 aromatic rings. The monoisotopic (exact) mass is 415 g/mol. The van der Waals surface area contributed by atoms with E-state index < -0.39 is 10.0 Å². The summed E-state index contributed by atoms with van der Waals surface area (Å²) in [6, 6.07) is 13.9. The quantitative estimate of drug-likeness (QED) is 0.676. The van der Waals surface area contributed by atoms with Crippen LogP contribution in [0.15, 0.2) is 53.4 Å². The van der Waals surface area contributed by atoms with Crippen molar-refractivity contribution < 1.29 is 13.2 Å². The predicted octanol–water partition coefficient (Wildman–Crippen LogP) is 3.39. The smallest absolute Gasteiger partial charge is 0.315 e. The van der Waals surface area contributed by atoms with Crippen LogP contribution in [0.1, 0.15) is 42.4 Å². The van der Waals surface area contributed by atoms with E-state index in [2.05, 4.69) is 15.4 Å². The first-order chi connectivity index (χ1) is 13.8. The molecular weight excluding hydrogens is 386 g/mol. The Kier molecular flexibility index (Phi) is 6.92. The summed E-state index contributed by atoms with van der Waals surface area (Å²) in [7, 11) is -3.63. The van der Waals surface area contributed by atoms with E-state index in [-0.39, 0.29) is 23.0 Å². The molecule has 0 bridgehead atoms. The Morgan fingerprint density at radius 3 is 2.07 bits per heavy atom. The summed E-state index contributed by atoms with van der Waals surface area (Å²) >= 11 is 0. The van der Waals surface area contributed by atoms with Crippen LogP contribution in [0.5, 0.6) is 0 Å². The van der Waals surface area contributed by atoms with Crippen molar-refractivity contribution >= 4 is 16.1 Å². The van der Waals surface area contributed by atoms with Crippen molar-refractivity contribution in [2.75, 3.05) is 0 Å². The summed E-state index contributed by atoms with van der Waals surface area (Å²) in [6.45, 7) is 4.36. The number of amides is 2. The number of carbonyl (C=O) groups excluding carboxylic acids is 1. The molecule has 0 saturated heterocycles. The van der Waals surface area contributed by atoms with Crippen LogP contribution in [0, 0.1) is 13.8 Å². The molecule has 0 aromatic heterocycles. The fourth-order valence-corrected chi connectivity index (χ4v) is 4.85. The number of rotatable bonds is 6. The minimum Gasteiger partial charge on any atom is -0.334 e. The maximum Gasteiger partial charge on any atom is 0.315 e. The molecule has 2 amide bonds. The molecule has 0 aliphatic heterocycles. The van der Waals surface area contributed by atoms with E-state index in [0.29, 0.717) is 13.0 Å². The van der Waals surface area contributed by atoms with Gasteiger partial charge in [-0.3, -0.25) is 0 Å². The van der Waals surface area contributed by atoms with Crippen LogP contribution >= 0.6 is 0 Å². The van der Waals surface area contributed by atoms with Crippen molar-refractivity contribution in [1.29, 1.82) is 0 Å². The Morgan fingerprint density at radius 2 is 1.45 bits per heavy atom. The fraction of sp³-hybridized carbons (Fsp3) is 0.409. The molecule has 1 fully saturated rings. The number of carbonyl (C=O) groups is 1. The van der Waals surface area contributed by atoms with Gasteiger partial charge in [-0.05, 0) is 44.4 Å². The van der Waals surface area contributed by atoms with Crippen molar-refractivity contribution in [3.63, 3.8) is 0 Å². The summed E-state index contributed by atoms with van der Waals surface area (Å²) in [5, 5.41) is 5.82. The maximum absolute atomic E-state index is 12.7. The molecular formula is C22H29N3O3S. The van der Waals surface area contributed by atoms with Crippen LogP contribution in [0.4, 0.5) is 4.79 Å². The van der Waals surface area contributed by atoms with Crippen LogP contribution in [0.2, 0.25) is 0 Å². The topological polar surface area (TPSA) is 87.3 Å². The molecule has 6 nitrogen and oxygen atoms in total. The SMILES string of the molecule is Cc1ccc(CNC(=O)NC2CCCCC2NS(=O)(=O)c2ccc(C)cc2)cc1. The van der Waals surface area contributed by atoms with Gasteiger partial charge >= 0.3 is 6.03 Å². The van der Waals surface area contributed by atoms with E-state index >= 15 is 0 Å². The van der Waals surface area contributed by atoms with Gasteiger partial charge in [0.25, 0.3) is 0 Å². The molecule has 3 N–H and O–H groups in total.